The Kier molecular flexibility index (Phi) is 4.16. The molecule has 1 heterocycles. The fourth-order valence-corrected chi connectivity index (χ4v) is 1.97. The van der Waals surface area contributed by atoms with Gasteiger partial charge in [0, 0.05) is 18.8 Å². The van der Waals surface area contributed by atoms with Gasteiger partial charge in [0.15, 0.2) is 0 Å². The molecule has 1 N–H and O–H groups in total. The highest BCUT2D eigenvalue weighted by Gasteiger charge is 2.23. The highest BCUT2D eigenvalue weighted by Crippen LogP contribution is 2.18. The van der Waals surface area contributed by atoms with Gasteiger partial charge < -0.3 is 15.0 Å². The average molecular weight is 262 g/mol. The maximum absolute atomic E-state index is 12.0. The molecule has 0 saturated carbocycles. The molecule has 5 heteroatoms. The van der Waals surface area contributed by atoms with E-state index in [0.717, 1.165) is 11.1 Å². The molecule has 0 unspecified atom stereocenters. The molecule has 0 bridgehead atoms. The summed E-state index contributed by atoms with van der Waals surface area (Å²) >= 11 is 0. The Morgan fingerprint density at radius 2 is 1.89 bits per heavy atom. The number of carbonyl (C=O) groups is 2. The molecule has 1 aromatic rings. The summed E-state index contributed by atoms with van der Waals surface area (Å²) in [4.78, 5) is 25.4. The molecule has 1 aliphatic rings. The van der Waals surface area contributed by atoms with E-state index in [1.807, 2.05) is 26.0 Å². The zero-order valence-electron chi connectivity index (χ0n) is 11.2. The second kappa shape index (κ2) is 5.84. The van der Waals surface area contributed by atoms with Crippen LogP contribution in [0.1, 0.15) is 11.1 Å². The standard InChI is InChI=1S/C14H18N2O3/c1-10-4-3-5-12(11(10)2)15-13(17)14(18)16-6-8-19-9-7-16/h3-5H,6-9H2,1-2H3,(H,15,17). The topological polar surface area (TPSA) is 58.6 Å². The zero-order valence-corrected chi connectivity index (χ0v) is 11.2. The summed E-state index contributed by atoms with van der Waals surface area (Å²) in [5.74, 6) is -1.08. The Morgan fingerprint density at radius 1 is 1.21 bits per heavy atom. The molecule has 2 rings (SSSR count). The van der Waals surface area contributed by atoms with Crippen molar-refractivity contribution in [3.8, 4) is 0 Å². The van der Waals surface area contributed by atoms with Crippen molar-refractivity contribution in [2.45, 2.75) is 13.8 Å². The van der Waals surface area contributed by atoms with E-state index in [0.29, 0.717) is 32.0 Å². The van der Waals surface area contributed by atoms with Crippen molar-refractivity contribution < 1.29 is 14.3 Å². The lowest BCUT2D eigenvalue weighted by molar-refractivity contribution is -0.145. The molecule has 0 atom stereocenters. The number of aryl methyl sites for hydroxylation is 1. The number of morpholine rings is 1. The summed E-state index contributed by atoms with van der Waals surface area (Å²) in [6.07, 6.45) is 0. The highest BCUT2D eigenvalue weighted by atomic mass is 16.5. The number of anilines is 1. The molecular formula is C14H18N2O3. The van der Waals surface area contributed by atoms with Gasteiger partial charge in [-0.15, -0.1) is 0 Å². The van der Waals surface area contributed by atoms with E-state index in [1.165, 1.54) is 4.90 Å². The third kappa shape index (κ3) is 3.12. The molecule has 1 aromatic carbocycles. The summed E-state index contributed by atoms with van der Waals surface area (Å²) in [6, 6.07) is 5.62. The maximum Gasteiger partial charge on any atom is 0.313 e. The average Bonchev–Trinajstić information content (AvgIpc) is 2.44. The van der Waals surface area contributed by atoms with E-state index in [-0.39, 0.29) is 0 Å². The van der Waals surface area contributed by atoms with Crippen molar-refractivity contribution in [1.82, 2.24) is 4.90 Å². The summed E-state index contributed by atoms with van der Waals surface area (Å²) in [5, 5.41) is 2.68. The first-order chi connectivity index (χ1) is 9.09. The van der Waals surface area contributed by atoms with Gasteiger partial charge in [0.1, 0.15) is 0 Å². The van der Waals surface area contributed by atoms with Crippen LogP contribution in [0.5, 0.6) is 0 Å². The second-order valence-corrected chi connectivity index (χ2v) is 4.61. The maximum atomic E-state index is 12.0. The molecule has 1 saturated heterocycles. The van der Waals surface area contributed by atoms with Crippen molar-refractivity contribution in [1.29, 1.82) is 0 Å². The summed E-state index contributed by atoms with van der Waals surface area (Å²) in [5.41, 5.74) is 2.74. The summed E-state index contributed by atoms with van der Waals surface area (Å²) < 4.78 is 5.16. The first-order valence-electron chi connectivity index (χ1n) is 6.34. The van der Waals surface area contributed by atoms with Crippen LogP contribution in [0.15, 0.2) is 18.2 Å². The van der Waals surface area contributed by atoms with Crippen molar-refractivity contribution >= 4 is 17.5 Å². The summed E-state index contributed by atoms with van der Waals surface area (Å²) in [7, 11) is 0. The third-order valence-electron chi connectivity index (χ3n) is 3.35. The SMILES string of the molecule is Cc1cccc(NC(=O)C(=O)N2CCOCC2)c1C. The molecule has 2 amide bonds. The van der Waals surface area contributed by atoms with Crippen LogP contribution in [-0.4, -0.2) is 43.0 Å². The van der Waals surface area contributed by atoms with Gasteiger partial charge >= 0.3 is 11.8 Å². The van der Waals surface area contributed by atoms with Crippen LogP contribution in [0.3, 0.4) is 0 Å². The molecule has 1 fully saturated rings. The molecule has 0 aliphatic carbocycles. The minimum atomic E-state index is -0.587. The number of rotatable bonds is 1. The van der Waals surface area contributed by atoms with Crippen LogP contribution in [-0.2, 0) is 14.3 Å². The van der Waals surface area contributed by atoms with Crippen LogP contribution in [0.25, 0.3) is 0 Å². The van der Waals surface area contributed by atoms with Crippen LogP contribution < -0.4 is 5.32 Å². The van der Waals surface area contributed by atoms with Gasteiger partial charge in [-0.05, 0) is 31.0 Å². The second-order valence-electron chi connectivity index (χ2n) is 4.61. The number of nitrogens with one attached hydrogen (secondary N) is 1. The largest absolute Gasteiger partial charge is 0.378 e. The number of hydrogen-bond acceptors (Lipinski definition) is 3. The van der Waals surface area contributed by atoms with Crippen LogP contribution in [0, 0.1) is 13.8 Å². The van der Waals surface area contributed by atoms with Gasteiger partial charge in [-0.2, -0.15) is 0 Å². The minimum Gasteiger partial charge on any atom is -0.378 e. The normalized spacial score (nSPS) is 15.2. The molecule has 102 valence electrons. The molecule has 0 radical (unpaired) electrons. The molecule has 1 aliphatic heterocycles. The Balaban J connectivity index is 2.04. The van der Waals surface area contributed by atoms with Crippen molar-refractivity contribution in [2.24, 2.45) is 0 Å². The first kappa shape index (κ1) is 13.5. The van der Waals surface area contributed by atoms with Crippen molar-refractivity contribution in [3.63, 3.8) is 0 Å². The Labute approximate surface area is 112 Å². The fourth-order valence-electron chi connectivity index (χ4n) is 1.97. The third-order valence-corrected chi connectivity index (χ3v) is 3.35. The van der Waals surface area contributed by atoms with E-state index in [9.17, 15) is 9.59 Å². The lowest BCUT2D eigenvalue weighted by Crippen LogP contribution is -2.45. The minimum absolute atomic E-state index is 0.471. The van der Waals surface area contributed by atoms with Crippen molar-refractivity contribution in [2.75, 3.05) is 31.6 Å². The number of nitrogens with zero attached hydrogens (tertiary/aromatic N) is 1. The lowest BCUT2D eigenvalue weighted by atomic mass is 10.1. The van der Waals surface area contributed by atoms with E-state index in [4.69, 9.17) is 4.74 Å². The van der Waals surface area contributed by atoms with Gasteiger partial charge in [-0.3, -0.25) is 9.59 Å². The number of hydrogen-bond donors (Lipinski definition) is 1. The smallest absolute Gasteiger partial charge is 0.313 e. The van der Waals surface area contributed by atoms with Gasteiger partial charge in [0.05, 0.1) is 13.2 Å². The monoisotopic (exact) mass is 262 g/mol. The quantitative estimate of drug-likeness (QED) is 0.771. The number of ether oxygens (including phenoxy) is 1. The number of carbonyl (C=O) groups excluding carboxylic acids is 2. The lowest BCUT2D eigenvalue weighted by Gasteiger charge is -2.26. The van der Waals surface area contributed by atoms with Gasteiger partial charge in [-0.25, -0.2) is 0 Å². The molecule has 0 aromatic heterocycles. The van der Waals surface area contributed by atoms with Gasteiger partial charge in [0.2, 0.25) is 0 Å². The van der Waals surface area contributed by atoms with Crippen LogP contribution >= 0.6 is 0 Å². The van der Waals surface area contributed by atoms with E-state index in [2.05, 4.69) is 5.32 Å². The predicted octanol–water partition coefficient (Wildman–Crippen LogP) is 1.10. The van der Waals surface area contributed by atoms with E-state index < -0.39 is 11.8 Å². The Morgan fingerprint density at radius 3 is 2.58 bits per heavy atom. The Bertz CT molecular complexity index is 493. The van der Waals surface area contributed by atoms with E-state index >= 15 is 0 Å². The molecule has 0 spiro atoms. The molecular weight excluding hydrogens is 244 g/mol. The van der Waals surface area contributed by atoms with Gasteiger partial charge in [-0.1, -0.05) is 12.1 Å². The van der Waals surface area contributed by atoms with Crippen LogP contribution in [0.2, 0.25) is 0 Å². The molecule has 19 heavy (non-hydrogen) atoms. The predicted molar refractivity (Wildman–Crippen MR) is 71.9 cm³/mol. The fraction of sp³-hybridized carbons (Fsp3) is 0.429. The number of benzene rings is 1. The summed E-state index contributed by atoms with van der Waals surface area (Å²) in [6.45, 7) is 5.81. The zero-order chi connectivity index (χ0) is 13.8. The van der Waals surface area contributed by atoms with E-state index in [1.54, 1.807) is 6.07 Å². The van der Waals surface area contributed by atoms with Crippen molar-refractivity contribution in [3.05, 3.63) is 29.3 Å². The number of amides is 2. The Hall–Kier alpha value is -1.88. The highest BCUT2D eigenvalue weighted by molar-refractivity contribution is 6.39. The van der Waals surface area contributed by atoms with Crippen LogP contribution in [0.4, 0.5) is 5.69 Å². The first-order valence-corrected chi connectivity index (χ1v) is 6.34. The van der Waals surface area contributed by atoms with Gasteiger partial charge in [0.25, 0.3) is 0 Å². The molecule has 5 nitrogen and oxygen atoms in total.